The molecule has 2 aromatic heterocycles. The van der Waals surface area contributed by atoms with E-state index >= 15 is 0 Å². The third-order valence-electron chi connectivity index (χ3n) is 8.63. The fraction of sp³-hybridized carbons (Fsp3) is 0.517. The molecule has 0 radical (unpaired) electrons. The molecule has 1 N–H and O–H groups in total. The normalized spacial score (nSPS) is 23.3. The number of anilines is 2. The number of benzene rings is 1. The number of carbonyl (C=O) groups excluding carboxylic acids is 1. The monoisotopic (exact) mass is 546 g/mol. The number of piperazine rings is 1. The van der Waals surface area contributed by atoms with Crippen LogP contribution in [-0.4, -0.2) is 101 Å². The summed E-state index contributed by atoms with van der Waals surface area (Å²) in [5.41, 5.74) is 3.33. The predicted octanol–water partition coefficient (Wildman–Crippen LogP) is 2.93. The smallest absolute Gasteiger partial charge is 0.320 e. The predicted molar refractivity (Wildman–Crippen MR) is 154 cm³/mol. The van der Waals surface area contributed by atoms with Crippen LogP contribution in [0.4, 0.5) is 11.6 Å². The zero-order chi connectivity index (χ0) is 28.0. The molecule has 212 valence electrons. The van der Waals surface area contributed by atoms with Gasteiger partial charge in [0.15, 0.2) is 11.6 Å². The van der Waals surface area contributed by atoms with Gasteiger partial charge in [0.1, 0.15) is 12.7 Å². The SMILES string of the molecule is C=CC(=O)N1CCN(c2nc(OCC3CCCN3C)nc3c2O[C@H](C)C(c2c(C)ccc4[nH]ncc24)N3C)CC1. The number of aryl methyl sites for hydroxylation is 1. The molecule has 1 aromatic carbocycles. The van der Waals surface area contributed by atoms with Gasteiger partial charge >= 0.3 is 6.01 Å². The van der Waals surface area contributed by atoms with Crippen LogP contribution in [0.2, 0.25) is 0 Å². The molecule has 0 bridgehead atoms. The Hall–Kier alpha value is -3.86. The van der Waals surface area contributed by atoms with E-state index in [-0.39, 0.29) is 18.1 Å². The van der Waals surface area contributed by atoms with Gasteiger partial charge in [0.25, 0.3) is 0 Å². The summed E-state index contributed by atoms with van der Waals surface area (Å²) in [7, 11) is 4.20. The Morgan fingerprint density at radius 3 is 2.67 bits per heavy atom. The maximum atomic E-state index is 12.2. The van der Waals surface area contributed by atoms with Crippen molar-refractivity contribution in [3.63, 3.8) is 0 Å². The minimum absolute atomic E-state index is 0.0506. The summed E-state index contributed by atoms with van der Waals surface area (Å²) in [6, 6.07) is 4.79. The molecule has 3 atom stereocenters. The van der Waals surface area contributed by atoms with E-state index in [1.165, 1.54) is 23.6 Å². The average molecular weight is 547 g/mol. The number of nitrogens with zero attached hydrogens (tertiary/aromatic N) is 7. The maximum absolute atomic E-state index is 12.2. The number of rotatable bonds is 6. The van der Waals surface area contributed by atoms with E-state index in [1.54, 1.807) is 0 Å². The Kier molecular flexibility index (Phi) is 6.99. The van der Waals surface area contributed by atoms with Crippen LogP contribution in [0, 0.1) is 6.92 Å². The molecule has 0 spiro atoms. The molecule has 2 saturated heterocycles. The van der Waals surface area contributed by atoms with Gasteiger partial charge in [-0.1, -0.05) is 12.6 Å². The number of carbonyl (C=O) groups is 1. The summed E-state index contributed by atoms with van der Waals surface area (Å²) in [5, 5.41) is 8.48. The van der Waals surface area contributed by atoms with E-state index < -0.39 is 0 Å². The Balaban J connectivity index is 1.37. The van der Waals surface area contributed by atoms with Gasteiger partial charge in [0, 0.05) is 44.7 Å². The zero-order valence-corrected chi connectivity index (χ0v) is 23.8. The summed E-state index contributed by atoms with van der Waals surface area (Å²) in [5.74, 6) is 2.01. The second-order valence-corrected chi connectivity index (χ2v) is 11.1. The van der Waals surface area contributed by atoms with E-state index in [9.17, 15) is 4.79 Å². The Bertz CT molecular complexity index is 1420. The van der Waals surface area contributed by atoms with Crippen molar-refractivity contribution in [2.45, 2.75) is 44.9 Å². The first-order chi connectivity index (χ1) is 19.4. The zero-order valence-electron chi connectivity index (χ0n) is 23.8. The van der Waals surface area contributed by atoms with Crippen LogP contribution in [0.3, 0.4) is 0 Å². The summed E-state index contributed by atoms with van der Waals surface area (Å²) < 4.78 is 12.9. The molecule has 0 aliphatic carbocycles. The highest BCUT2D eigenvalue weighted by Gasteiger charge is 2.39. The van der Waals surface area contributed by atoms with Crippen LogP contribution < -0.4 is 19.3 Å². The number of amides is 1. The van der Waals surface area contributed by atoms with Crippen molar-refractivity contribution in [1.82, 2.24) is 30.0 Å². The number of hydrogen-bond donors (Lipinski definition) is 1. The first kappa shape index (κ1) is 26.4. The number of likely N-dealkylation sites (tertiary alicyclic amines) is 1. The number of H-pyrrole nitrogens is 1. The van der Waals surface area contributed by atoms with Crippen LogP contribution in [0.1, 0.15) is 36.9 Å². The Morgan fingerprint density at radius 2 is 1.95 bits per heavy atom. The van der Waals surface area contributed by atoms with Crippen molar-refractivity contribution in [3.8, 4) is 11.8 Å². The van der Waals surface area contributed by atoms with Crippen LogP contribution in [-0.2, 0) is 4.79 Å². The quantitative estimate of drug-likeness (QED) is 0.468. The average Bonchev–Trinajstić information content (AvgIpc) is 3.61. The molecule has 0 saturated carbocycles. The number of aromatic nitrogens is 4. The number of aromatic amines is 1. The second kappa shape index (κ2) is 10.6. The van der Waals surface area contributed by atoms with Crippen molar-refractivity contribution >= 4 is 28.4 Å². The lowest BCUT2D eigenvalue weighted by atomic mass is 9.92. The van der Waals surface area contributed by atoms with Gasteiger partial charge in [-0.3, -0.25) is 9.89 Å². The molecule has 11 heteroatoms. The van der Waals surface area contributed by atoms with Crippen molar-refractivity contribution in [2.75, 3.05) is 63.2 Å². The number of fused-ring (bicyclic) bond motifs is 2. The molecule has 1 amide bonds. The van der Waals surface area contributed by atoms with Gasteiger partial charge in [-0.15, -0.1) is 0 Å². The molecule has 2 unspecified atom stereocenters. The Labute approximate surface area is 234 Å². The minimum Gasteiger partial charge on any atom is -0.481 e. The van der Waals surface area contributed by atoms with E-state index in [2.05, 4.69) is 71.6 Å². The molecule has 6 rings (SSSR count). The Morgan fingerprint density at radius 1 is 1.18 bits per heavy atom. The van der Waals surface area contributed by atoms with E-state index in [1.807, 2.05) is 11.1 Å². The lowest BCUT2D eigenvalue weighted by Gasteiger charge is -2.42. The highest BCUT2D eigenvalue weighted by Crippen LogP contribution is 2.47. The minimum atomic E-state index is -0.179. The van der Waals surface area contributed by atoms with Gasteiger partial charge in [-0.05, 0) is 63.6 Å². The number of hydrogen-bond acceptors (Lipinski definition) is 9. The van der Waals surface area contributed by atoms with Gasteiger partial charge in [0.05, 0.1) is 17.8 Å². The molecular weight excluding hydrogens is 508 g/mol. The molecule has 11 nitrogen and oxygen atoms in total. The van der Waals surface area contributed by atoms with Crippen LogP contribution in [0.5, 0.6) is 11.8 Å². The topological polar surface area (TPSA) is 103 Å². The fourth-order valence-electron chi connectivity index (χ4n) is 6.33. The molecular formula is C29H38N8O3. The van der Waals surface area contributed by atoms with E-state index in [0.717, 1.165) is 23.9 Å². The summed E-state index contributed by atoms with van der Waals surface area (Å²) in [4.78, 5) is 30.5. The van der Waals surface area contributed by atoms with Crippen LogP contribution in [0.15, 0.2) is 31.0 Å². The highest BCUT2D eigenvalue weighted by atomic mass is 16.5. The van der Waals surface area contributed by atoms with E-state index in [4.69, 9.17) is 19.4 Å². The van der Waals surface area contributed by atoms with Gasteiger partial charge in [-0.25, -0.2) is 0 Å². The van der Waals surface area contributed by atoms with Gasteiger partial charge in [-0.2, -0.15) is 15.1 Å². The van der Waals surface area contributed by atoms with Crippen LogP contribution >= 0.6 is 0 Å². The number of nitrogens with one attached hydrogen (secondary N) is 1. The van der Waals surface area contributed by atoms with Gasteiger partial charge in [0.2, 0.25) is 11.7 Å². The molecule has 3 aliphatic heterocycles. The fourth-order valence-corrected chi connectivity index (χ4v) is 6.33. The molecule has 2 fully saturated rings. The van der Waals surface area contributed by atoms with Crippen molar-refractivity contribution in [3.05, 3.63) is 42.1 Å². The van der Waals surface area contributed by atoms with Gasteiger partial charge < -0.3 is 29.1 Å². The highest BCUT2D eigenvalue weighted by molar-refractivity contribution is 5.87. The largest absolute Gasteiger partial charge is 0.481 e. The summed E-state index contributed by atoms with van der Waals surface area (Å²) in [6.07, 6.45) is 5.35. The van der Waals surface area contributed by atoms with E-state index in [0.29, 0.717) is 62.2 Å². The maximum Gasteiger partial charge on any atom is 0.320 e. The molecule has 5 heterocycles. The number of likely N-dealkylation sites (N-methyl/N-ethyl adjacent to an activating group) is 2. The molecule has 3 aromatic rings. The van der Waals surface area contributed by atoms with Crippen molar-refractivity contribution < 1.29 is 14.3 Å². The van der Waals surface area contributed by atoms with Crippen LogP contribution in [0.25, 0.3) is 10.9 Å². The second-order valence-electron chi connectivity index (χ2n) is 11.1. The standard InChI is InChI=1S/C29H38N8O3/c1-6-23(38)36-12-14-37(15-13-36)28-26-27(31-29(32-28)39-17-20-8-7-11-34(20)4)35(5)25(19(3)40-26)24-18(2)9-10-22-21(24)16-30-33-22/h6,9-10,16,19-20,25H,1,7-8,11-15,17H2,2-5H3,(H,30,33)/t19-,20?,25?/m1/s1. The van der Waals surface area contributed by atoms with Crippen molar-refractivity contribution in [1.29, 1.82) is 0 Å². The summed E-state index contributed by atoms with van der Waals surface area (Å²) >= 11 is 0. The third kappa shape index (κ3) is 4.61. The number of ether oxygens (including phenoxy) is 2. The first-order valence-corrected chi connectivity index (χ1v) is 14.1. The van der Waals surface area contributed by atoms with Crippen molar-refractivity contribution in [2.24, 2.45) is 0 Å². The lowest BCUT2D eigenvalue weighted by molar-refractivity contribution is -0.126. The summed E-state index contributed by atoms with van der Waals surface area (Å²) in [6.45, 7) is 11.9. The molecule has 40 heavy (non-hydrogen) atoms. The third-order valence-corrected chi connectivity index (χ3v) is 8.63. The lowest BCUT2D eigenvalue weighted by Crippen LogP contribution is -2.49. The first-order valence-electron chi connectivity index (χ1n) is 14.1. The molecule has 3 aliphatic rings.